The van der Waals surface area contributed by atoms with Crippen molar-refractivity contribution in [3.8, 4) is 0 Å². The predicted octanol–water partition coefficient (Wildman–Crippen LogP) is 1.29. The monoisotopic (exact) mass is 262 g/mol. The maximum absolute atomic E-state index is 4.29. The van der Waals surface area contributed by atoms with Crippen LogP contribution in [0.25, 0.3) is 0 Å². The molecule has 6 heteroatoms. The summed E-state index contributed by atoms with van der Waals surface area (Å²) < 4.78 is 4.02. The Labute approximate surface area is 113 Å². The van der Waals surface area contributed by atoms with Gasteiger partial charge in [0.25, 0.3) is 0 Å². The van der Waals surface area contributed by atoms with Crippen LogP contribution in [0.2, 0.25) is 0 Å². The zero-order valence-corrected chi connectivity index (χ0v) is 12.1. The second-order valence-corrected chi connectivity index (χ2v) is 5.12. The van der Waals surface area contributed by atoms with Crippen molar-refractivity contribution in [1.82, 2.24) is 29.9 Å². The zero-order valence-electron chi connectivity index (χ0n) is 12.1. The highest BCUT2D eigenvalue weighted by atomic mass is 15.4. The lowest BCUT2D eigenvalue weighted by Crippen LogP contribution is -2.21. The lowest BCUT2D eigenvalue weighted by atomic mass is 10.3. The maximum atomic E-state index is 4.29. The van der Waals surface area contributed by atoms with Crippen molar-refractivity contribution in [1.29, 1.82) is 0 Å². The van der Waals surface area contributed by atoms with Gasteiger partial charge in [0.15, 0.2) is 0 Å². The summed E-state index contributed by atoms with van der Waals surface area (Å²) in [5.74, 6) is 0. The molecule has 2 rings (SSSR count). The van der Waals surface area contributed by atoms with E-state index in [0.29, 0.717) is 6.04 Å². The fourth-order valence-corrected chi connectivity index (χ4v) is 1.82. The standard InChI is InChI=1S/C13H22N6/c1-10(2)14-7-13-8-19(17-16-13)6-5-18-9-15-11(3)12(18)4/h8-10,14H,5-7H2,1-4H3. The fraction of sp³-hybridized carbons (Fsp3) is 0.615. The molecule has 0 aromatic carbocycles. The Kier molecular flexibility index (Phi) is 4.31. The van der Waals surface area contributed by atoms with Crippen LogP contribution in [0.4, 0.5) is 0 Å². The zero-order chi connectivity index (χ0) is 13.8. The quantitative estimate of drug-likeness (QED) is 0.852. The summed E-state index contributed by atoms with van der Waals surface area (Å²) in [6, 6.07) is 0.460. The van der Waals surface area contributed by atoms with Gasteiger partial charge in [0, 0.05) is 31.0 Å². The molecule has 104 valence electrons. The molecular weight excluding hydrogens is 240 g/mol. The Bertz CT molecular complexity index is 525. The first-order valence-electron chi connectivity index (χ1n) is 6.67. The van der Waals surface area contributed by atoms with Crippen molar-refractivity contribution in [3.63, 3.8) is 0 Å². The third-order valence-electron chi connectivity index (χ3n) is 3.19. The Hall–Kier alpha value is -1.69. The molecule has 0 amide bonds. The van der Waals surface area contributed by atoms with Crippen LogP contribution in [-0.2, 0) is 19.6 Å². The van der Waals surface area contributed by atoms with Crippen LogP contribution in [-0.4, -0.2) is 30.6 Å². The summed E-state index contributed by atoms with van der Waals surface area (Å²) >= 11 is 0. The summed E-state index contributed by atoms with van der Waals surface area (Å²) in [7, 11) is 0. The molecule has 1 N–H and O–H groups in total. The van der Waals surface area contributed by atoms with Crippen LogP contribution in [0.5, 0.6) is 0 Å². The molecule has 0 aliphatic carbocycles. The largest absolute Gasteiger partial charge is 0.333 e. The van der Waals surface area contributed by atoms with Gasteiger partial charge in [0.2, 0.25) is 0 Å². The summed E-state index contributed by atoms with van der Waals surface area (Å²) in [6.45, 7) is 10.8. The van der Waals surface area contributed by atoms with Crippen molar-refractivity contribution >= 4 is 0 Å². The average Bonchev–Trinajstić information content (AvgIpc) is 2.94. The highest BCUT2D eigenvalue weighted by Crippen LogP contribution is 2.04. The molecule has 0 unspecified atom stereocenters. The van der Waals surface area contributed by atoms with Gasteiger partial charge in [-0.15, -0.1) is 5.10 Å². The first kappa shape index (κ1) is 13.7. The molecule has 2 heterocycles. The van der Waals surface area contributed by atoms with Crippen LogP contribution in [0.1, 0.15) is 30.9 Å². The van der Waals surface area contributed by atoms with E-state index in [9.17, 15) is 0 Å². The van der Waals surface area contributed by atoms with Crippen molar-refractivity contribution in [2.24, 2.45) is 0 Å². The van der Waals surface area contributed by atoms with Gasteiger partial charge in [-0.25, -0.2) is 4.98 Å². The number of aryl methyl sites for hydroxylation is 3. The lowest BCUT2D eigenvalue weighted by molar-refractivity contribution is 0.513. The van der Waals surface area contributed by atoms with Gasteiger partial charge in [0.1, 0.15) is 0 Å². The molecule has 0 aliphatic heterocycles. The first-order valence-corrected chi connectivity index (χ1v) is 6.67. The minimum Gasteiger partial charge on any atom is -0.333 e. The fourth-order valence-electron chi connectivity index (χ4n) is 1.82. The molecular formula is C13H22N6. The Morgan fingerprint density at radius 1 is 1.26 bits per heavy atom. The Balaban J connectivity index is 1.88. The van der Waals surface area contributed by atoms with Gasteiger partial charge in [-0.05, 0) is 13.8 Å². The number of nitrogens with zero attached hydrogens (tertiary/aromatic N) is 5. The summed E-state index contributed by atoms with van der Waals surface area (Å²) in [4.78, 5) is 4.29. The van der Waals surface area contributed by atoms with Crippen molar-refractivity contribution in [2.45, 2.75) is 53.4 Å². The van der Waals surface area contributed by atoms with E-state index in [-0.39, 0.29) is 0 Å². The average molecular weight is 262 g/mol. The maximum Gasteiger partial charge on any atom is 0.0964 e. The van der Waals surface area contributed by atoms with Crippen LogP contribution in [0.3, 0.4) is 0 Å². The van der Waals surface area contributed by atoms with E-state index in [1.165, 1.54) is 5.69 Å². The van der Waals surface area contributed by atoms with Crippen LogP contribution >= 0.6 is 0 Å². The van der Waals surface area contributed by atoms with Crippen LogP contribution < -0.4 is 5.32 Å². The van der Waals surface area contributed by atoms with Gasteiger partial charge in [-0.1, -0.05) is 19.1 Å². The number of rotatable bonds is 6. The molecule has 0 atom stereocenters. The molecule has 0 fully saturated rings. The predicted molar refractivity (Wildman–Crippen MR) is 73.7 cm³/mol. The van der Waals surface area contributed by atoms with Crippen LogP contribution in [0, 0.1) is 13.8 Å². The third kappa shape index (κ3) is 3.64. The van der Waals surface area contributed by atoms with E-state index in [4.69, 9.17) is 0 Å². The van der Waals surface area contributed by atoms with Crippen molar-refractivity contribution in [3.05, 3.63) is 29.6 Å². The molecule has 0 saturated carbocycles. The van der Waals surface area contributed by atoms with E-state index in [0.717, 1.165) is 31.0 Å². The molecule has 0 radical (unpaired) electrons. The molecule has 19 heavy (non-hydrogen) atoms. The first-order chi connectivity index (χ1) is 9.06. The van der Waals surface area contributed by atoms with E-state index in [1.54, 1.807) is 0 Å². The molecule has 2 aromatic heterocycles. The van der Waals surface area contributed by atoms with Crippen molar-refractivity contribution < 1.29 is 0 Å². The Morgan fingerprint density at radius 3 is 2.68 bits per heavy atom. The number of nitrogens with one attached hydrogen (secondary N) is 1. The topological polar surface area (TPSA) is 60.6 Å². The smallest absolute Gasteiger partial charge is 0.0964 e. The Morgan fingerprint density at radius 2 is 2.05 bits per heavy atom. The second-order valence-electron chi connectivity index (χ2n) is 5.12. The van der Waals surface area contributed by atoms with E-state index in [2.05, 4.69) is 46.0 Å². The second kappa shape index (κ2) is 5.97. The van der Waals surface area contributed by atoms with Gasteiger partial charge < -0.3 is 9.88 Å². The highest BCUT2D eigenvalue weighted by Gasteiger charge is 2.04. The molecule has 2 aromatic rings. The molecule has 0 aliphatic rings. The van der Waals surface area contributed by atoms with Gasteiger partial charge >= 0.3 is 0 Å². The minimum atomic E-state index is 0.460. The van der Waals surface area contributed by atoms with Gasteiger partial charge in [0.05, 0.1) is 24.3 Å². The highest BCUT2D eigenvalue weighted by molar-refractivity contribution is 5.08. The summed E-state index contributed by atoms with van der Waals surface area (Å²) in [5.41, 5.74) is 3.27. The normalized spacial score (nSPS) is 11.4. The number of imidazole rings is 1. The van der Waals surface area contributed by atoms with Crippen LogP contribution in [0.15, 0.2) is 12.5 Å². The molecule has 0 spiro atoms. The summed E-state index contributed by atoms with van der Waals surface area (Å²) in [5, 5.41) is 11.6. The molecule has 0 saturated heterocycles. The summed E-state index contributed by atoms with van der Waals surface area (Å²) in [6.07, 6.45) is 3.87. The van der Waals surface area contributed by atoms with Gasteiger partial charge in [-0.3, -0.25) is 4.68 Å². The van der Waals surface area contributed by atoms with E-state index >= 15 is 0 Å². The minimum absolute atomic E-state index is 0.460. The van der Waals surface area contributed by atoms with Crippen molar-refractivity contribution in [2.75, 3.05) is 0 Å². The lowest BCUT2D eigenvalue weighted by Gasteiger charge is -2.05. The van der Waals surface area contributed by atoms with E-state index in [1.807, 2.05) is 24.1 Å². The number of aromatic nitrogens is 5. The number of hydrogen-bond acceptors (Lipinski definition) is 4. The molecule has 0 bridgehead atoms. The molecule has 6 nitrogen and oxygen atoms in total. The third-order valence-corrected chi connectivity index (χ3v) is 3.19. The van der Waals surface area contributed by atoms with Gasteiger partial charge in [-0.2, -0.15) is 0 Å². The van der Waals surface area contributed by atoms with E-state index < -0.39 is 0 Å². The number of hydrogen-bond donors (Lipinski definition) is 1. The SMILES string of the molecule is Cc1ncn(CCn2cc(CNC(C)C)nn2)c1C.